The molecule has 2 aromatic heterocycles. The van der Waals surface area contributed by atoms with E-state index in [2.05, 4.69) is 15.2 Å². The van der Waals surface area contributed by atoms with Crippen molar-refractivity contribution in [2.45, 2.75) is 12.3 Å². The maximum absolute atomic E-state index is 5.82. The molecule has 1 unspecified atom stereocenters. The second-order valence-corrected chi connectivity index (χ2v) is 4.50. The van der Waals surface area contributed by atoms with E-state index in [1.807, 2.05) is 0 Å². The van der Waals surface area contributed by atoms with Crippen molar-refractivity contribution in [3.63, 3.8) is 0 Å². The summed E-state index contributed by atoms with van der Waals surface area (Å²) in [6.45, 7) is 1.47. The van der Waals surface area contributed by atoms with E-state index >= 15 is 0 Å². The van der Waals surface area contributed by atoms with E-state index in [-0.39, 0.29) is 0 Å². The molecule has 0 spiro atoms. The summed E-state index contributed by atoms with van der Waals surface area (Å²) in [5.41, 5.74) is 0.903. The molecule has 0 aromatic carbocycles. The fourth-order valence-electron chi connectivity index (χ4n) is 1.99. The van der Waals surface area contributed by atoms with E-state index in [1.54, 1.807) is 24.5 Å². The molecule has 18 heavy (non-hydrogen) atoms. The molecular weight excluding hydrogens is 254 g/mol. The van der Waals surface area contributed by atoms with Crippen LogP contribution in [0.25, 0.3) is 0 Å². The van der Waals surface area contributed by atoms with Crippen LogP contribution in [0, 0.1) is 0 Å². The topological polar surface area (TPSA) is 60.0 Å². The number of nitrogens with zero attached hydrogens (tertiary/aromatic N) is 2. The number of hydrogen-bond donors (Lipinski definition) is 1. The summed E-state index contributed by atoms with van der Waals surface area (Å²) in [4.78, 5) is 3.91. The maximum atomic E-state index is 5.82. The largest absolute Gasteiger partial charge is 0.454 e. The number of H-pyrrole nitrogens is 1. The van der Waals surface area contributed by atoms with Crippen LogP contribution in [0.2, 0.25) is 5.15 Å². The molecule has 1 N–H and O–H groups in total. The second kappa shape index (κ2) is 4.96. The number of aromatic nitrogens is 3. The van der Waals surface area contributed by atoms with Crippen LogP contribution in [0.4, 0.5) is 0 Å². The first-order chi connectivity index (χ1) is 8.83. The van der Waals surface area contributed by atoms with Crippen LogP contribution in [-0.2, 0) is 4.74 Å². The minimum atomic E-state index is 0.295. The normalized spacial score (nSPS) is 19.1. The first kappa shape index (κ1) is 11.5. The summed E-state index contributed by atoms with van der Waals surface area (Å²) in [5.74, 6) is 1.66. The molecule has 1 aliphatic heterocycles. The van der Waals surface area contributed by atoms with Crippen LogP contribution < -0.4 is 4.74 Å². The highest BCUT2D eigenvalue weighted by Crippen LogP contribution is 2.33. The van der Waals surface area contributed by atoms with E-state index in [9.17, 15) is 0 Å². The van der Waals surface area contributed by atoms with Crippen molar-refractivity contribution in [2.75, 3.05) is 13.2 Å². The molecular formula is C12H12ClN3O2. The summed E-state index contributed by atoms with van der Waals surface area (Å²) in [5, 5.41) is 7.47. The number of nitrogens with one attached hydrogen (secondary N) is 1. The second-order valence-electron chi connectivity index (χ2n) is 4.11. The van der Waals surface area contributed by atoms with Crippen molar-refractivity contribution < 1.29 is 9.47 Å². The minimum Gasteiger partial charge on any atom is -0.454 e. The molecule has 1 saturated heterocycles. The van der Waals surface area contributed by atoms with Gasteiger partial charge < -0.3 is 9.47 Å². The van der Waals surface area contributed by atoms with Gasteiger partial charge in [-0.25, -0.2) is 4.98 Å². The Labute approximate surface area is 109 Å². The molecule has 3 heterocycles. The van der Waals surface area contributed by atoms with Crippen molar-refractivity contribution >= 4 is 11.6 Å². The molecule has 0 saturated carbocycles. The Hall–Kier alpha value is -1.59. The lowest BCUT2D eigenvalue weighted by Gasteiger charge is -2.08. The van der Waals surface area contributed by atoms with Gasteiger partial charge in [-0.3, -0.25) is 5.10 Å². The highest BCUT2D eigenvalue weighted by molar-refractivity contribution is 6.29. The summed E-state index contributed by atoms with van der Waals surface area (Å²) in [6, 6.07) is 3.43. The Kier molecular flexibility index (Phi) is 3.17. The average molecular weight is 266 g/mol. The monoisotopic (exact) mass is 265 g/mol. The number of pyridine rings is 1. The number of rotatable bonds is 3. The van der Waals surface area contributed by atoms with Gasteiger partial charge in [0.15, 0.2) is 5.75 Å². The first-order valence-corrected chi connectivity index (χ1v) is 6.11. The van der Waals surface area contributed by atoms with Gasteiger partial charge in [0, 0.05) is 24.8 Å². The van der Waals surface area contributed by atoms with E-state index in [0.29, 0.717) is 29.2 Å². The smallest absolute Gasteiger partial charge is 0.168 e. The Morgan fingerprint density at radius 2 is 2.44 bits per heavy atom. The van der Waals surface area contributed by atoms with Crippen molar-refractivity contribution in [3.8, 4) is 11.5 Å². The lowest BCUT2D eigenvalue weighted by molar-refractivity contribution is 0.193. The SMILES string of the molecule is Clc1cc(Oc2c[nH]nc2C2CCOC2)ccn1. The van der Waals surface area contributed by atoms with Crippen LogP contribution in [0.3, 0.4) is 0 Å². The molecule has 0 aliphatic carbocycles. The van der Waals surface area contributed by atoms with Crippen LogP contribution in [0.15, 0.2) is 24.5 Å². The van der Waals surface area contributed by atoms with Gasteiger partial charge in [0.25, 0.3) is 0 Å². The molecule has 3 rings (SSSR count). The van der Waals surface area contributed by atoms with E-state index in [0.717, 1.165) is 18.7 Å². The van der Waals surface area contributed by atoms with Crippen LogP contribution in [0.5, 0.6) is 11.5 Å². The Morgan fingerprint density at radius 1 is 1.50 bits per heavy atom. The molecule has 0 bridgehead atoms. The van der Waals surface area contributed by atoms with E-state index < -0.39 is 0 Å². The van der Waals surface area contributed by atoms with Gasteiger partial charge in [-0.05, 0) is 12.5 Å². The molecule has 1 atom stereocenters. The predicted molar refractivity (Wildman–Crippen MR) is 66.1 cm³/mol. The van der Waals surface area contributed by atoms with Crippen molar-refractivity contribution in [3.05, 3.63) is 35.4 Å². The Bertz CT molecular complexity index is 538. The Balaban J connectivity index is 1.82. The summed E-state index contributed by atoms with van der Waals surface area (Å²) in [6.07, 6.45) is 4.32. The summed E-state index contributed by atoms with van der Waals surface area (Å²) < 4.78 is 11.1. The van der Waals surface area contributed by atoms with Crippen LogP contribution in [0.1, 0.15) is 18.0 Å². The molecule has 5 nitrogen and oxygen atoms in total. The van der Waals surface area contributed by atoms with E-state index in [4.69, 9.17) is 21.1 Å². The van der Waals surface area contributed by atoms with Gasteiger partial charge in [0.1, 0.15) is 16.6 Å². The third-order valence-electron chi connectivity index (χ3n) is 2.88. The number of aromatic amines is 1. The van der Waals surface area contributed by atoms with Crippen molar-refractivity contribution in [1.82, 2.24) is 15.2 Å². The summed E-state index contributed by atoms with van der Waals surface area (Å²) >= 11 is 5.82. The molecule has 1 fully saturated rings. The molecule has 1 aliphatic rings. The average Bonchev–Trinajstić information content (AvgIpc) is 2.98. The van der Waals surface area contributed by atoms with Crippen molar-refractivity contribution in [1.29, 1.82) is 0 Å². The number of halogens is 1. The first-order valence-electron chi connectivity index (χ1n) is 5.74. The lowest BCUT2D eigenvalue weighted by Crippen LogP contribution is -2.00. The predicted octanol–water partition coefficient (Wildman–Crippen LogP) is 2.75. The fraction of sp³-hybridized carbons (Fsp3) is 0.333. The van der Waals surface area contributed by atoms with E-state index in [1.165, 1.54) is 0 Å². The quantitative estimate of drug-likeness (QED) is 0.867. The summed E-state index contributed by atoms with van der Waals surface area (Å²) in [7, 11) is 0. The van der Waals surface area contributed by atoms with Crippen LogP contribution in [-0.4, -0.2) is 28.4 Å². The molecule has 0 amide bonds. The molecule has 0 radical (unpaired) electrons. The van der Waals surface area contributed by atoms with Crippen LogP contribution >= 0.6 is 11.6 Å². The highest BCUT2D eigenvalue weighted by atomic mass is 35.5. The minimum absolute atomic E-state index is 0.295. The van der Waals surface area contributed by atoms with Gasteiger partial charge in [0.05, 0.1) is 12.8 Å². The van der Waals surface area contributed by atoms with Gasteiger partial charge in [-0.1, -0.05) is 11.6 Å². The number of hydrogen-bond acceptors (Lipinski definition) is 4. The zero-order valence-electron chi connectivity index (χ0n) is 9.60. The molecule has 2 aromatic rings. The van der Waals surface area contributed by atoms with Gasteiger partial charge in [-0.2, -0.15) is 5.10 Å². The molecule has 94 valence electrons. The van der Waals surface area contributed by atoms with Gasteiger partial charge >= 0.3 is 0 Å². The number of ether oxygens (including phenoxy) is 2. The van der Waals surface area contributed by atoms with Gasteiger partial charge in [0.2, 0.25) is 0 Å². The van der Waals surface area contributed by atoms with Gasteiger partial charge in [-0.15, -0.1) is 0 Å². The Morgan fingerprint density at radius 3 is 3.22 bits per heavy atom. The van der Waals surface area contributed by atoms with Crippen molar-refractivity contribution in [2.24, 2.45) is 0 Å². The molecule has 6 heteroatoms. The zero-order chi connectivity index (χ0) is 12.4. The zero-order valence-corrected chi connectivity index (χ0v) is 10.4. The maximum Gasteiger partial charge on any atom is 0.168 e. The standard InChI is InChI=1S/C12H12ClN3O2/c13-11-5-9(1-3-14-11)18-10-6-15-16-12(10)8-2-4-17-7-8/h1,3,5-6,8H,2,4,7H2,(H,15,16). The highest BCUT2D eigenvalue weighted by Gasteiger charge is 2.24. The third-order valence-corrected chi connectivity index (χ3v) is 3.08. The lowest BCUT2D eigenvalue weighted by atomic mass is 10.1. The fourth-order valence-corrected chi connectivity index (χ4v) is 2.15. The third kappa shape index (κ3) is 2.32.